The van der Waals surface area contributed by atoms with Crippen molar-refractivity contribution in [2.24, 2.45) is 0 Å². The molecule has 0 radical (unpaired) electrons. The van der Waals surface area contributed by atoms with Crippen LogP contribution in [0, 0.1) is 5.82 Å². The molecule has 0 bridgehead atoms. The number of benzene rings is 2. The van der Waals surface area contributed by atoms with Gasteiger partial charge >= 0.3 is 6.80 Å². The topological polar surface area (TPSA) is 35.5 Å². The first-order valence-corrected chi connectivity index (χ1v) is 9.63. The van der Waals surface area contributed by atoms with Gasteiger partial charge in [-0.15, -0.1) is 0 Å². The number of hydrogen-bond donors (Lipinski definition) is 0. The molecule has 0 N–H and O–H groups in total. The maximum atomic E-state index is 12.9. The molecule has 0 spiro atoms. The van der Waals surface area contributed by atoms with E-state index in [0.717, 1.165) is 16.9 Å². The highest BCUT2D eigenvalue weighted by Crippen LogP contribution is 2.61. The largest absolute Gasteiger partial charge is 0.440 e. The maximum absolute atomic E-state index is 12.9. The van der Waals surface area contributed by atoms with E-state index in [9.17, 15) is 8.96 Å². The number of hydrogen-bond acceptors (Lipinski definition) is 4. The Morgan fingerprint density at radius 3 is 2.38 bits per heavy atom. The van der Waals surface area contributed by atoms with Crippen molar-refractivity contribution >= 4 is 18.2 Å². The zero-order chi connectivity index (χ0) is 15.1. The van der Waals surface area contributed by atoms with Gasteiger partial charge in [-0.3, -0.25) is 4.52 Å². The van der Waals surface area contributed by atoms with Gasteiger partial charge in [0.1, 0.15) is 11.6 Å². The predicted octanol–water partition coefficient (Wildman–Crippen LogP) is 5.28. The second-order valence-electron chi connectivity index (χ2n) is 4.17. The Morgan fingerprint density at radius 1 is 1.10 bits per heavy atom. The van der Waals surface area contributed by atoms with Crippen LogP contribution in [0.3, 0.4) is 0 Å². The molecule has 0 fully saturated rings. The van der Waals surface area contributed by atoms with Gasteiger partial charge < -0.3 is 4.52 Å². The standard InChI is InChI=1S/C15H16FO3PS/c1-2-18-20(17,19-15-6-4-3-5-7-15)21-12-13-8-10-14(16)11-9-13/h3-11H,2,12H2,1H3. The van der Waals surface area contributed by atoms with E-state index < -0.39 is 6.80 Å². The van der Waals surface area contributed by atoms with Gasteiger partial charge in [-0.25, -0.2) is 8.96 Å². The van der Waals surface area contributed by atoms with Crippen LogP contribution in [0.5, 0.6) is 5.75 Å². The van der Waals surface area contributed by atoms with Gasteiger partial charge in [-0.05, 0) is 48.1 Å². The van der Waals surface area contributed by atoms with E-state index in [1.54, 1.807) is 43.3 Å². The molecule has 3 nitrogen and oxygen atoms in total. The van der Waals surface area contributed by atoms with Crippen molar-refractivity contribution in [3.63, 3.8) is 0 Å². The minimum Gasteiger partial charge on any atom is -0.417 e. The normalized spacial score (nSPS) is 13.6. The third kappa shape index (κ3) is 5.20. The molecule has 2 aromatic carbocycles. The molecule has 0 amide bonds. The molecule has 0 saturated carbocycles. The van der Waals surface area contributed by atoms with Gasteiger partial charge in [0, 0.05) is 5.75 Å². The van der Waals surface area contributed by atoms with E-state index in [-0.39, 0.29) is 5.82 Å². The van der Waals surface area contributed by atoms with E-state index in [1.165, 1.54) is 12.1 Å². The Morgan fingerprint density at radius 2 is 1.76 bits per heavy atom. The Bertz CT molecular complexity index is 604. The van der Waals surface area contributed by atoms with Crippen LogP contribution in [-0.4, -0.2) is 6.61 Å². The fourth-order valence-electron chi connectivity index (χ4n) is 1.59. The molecule has 2 rings (SSSR count). The van der Waals surface area contributed by atoms with Gasteiger partial charge in [0.15, 0.2) is 0 Å². The Hall–Kier alpha value is -1.29. The second-order valence-corrected chi connectivity index (χ2v) is 8.17. The molecule has 0 aliphatic heterocycles. The summed E-state index contributed by atoms with van der Waals surface area (Å²) in [7, 11) is 0. The number of halogens is 1. The lowest BCUT2D eigenvalue weighted by Gasteiger charge is -2.17. The third-order valence-corrected chi connectivity index (χ3v) is 6.21. The third-order valence-electron chi connectivity index (χ3n) is 2.55. The first-order valence-electron chi connectivity index (χ1n) is 6.49. The average molecular weight is 326 g/mol. The molecular formula is C15H16FO3PS. The van der Waals surface area contributed by atoms with Gasteiger partial charge in [0.25, 0.3) is 0 Å². The molecule has 1 unspecified atom stereocenters. The minimum atomic E-state index is -3.30. The van der Waals surface area contributed by atoms with Crippen molar-refractivity contribution in [1.82, 2.24) is 0 Å². The predicted molar refractivity (Wildman–Crippen MR) is 84.0 cm³/mol. The summed E-state index contributed by atoms with van der Waals surface area (Å²) in [5.74, 6) is 0.628. The summed E-state index contributed by atoms with van der Waals surface area (Å²) >= 11 is 1.09. The first kappa shape index (κ1) is 16.1. The Balaban J connectivity index is 2.03. The fourth-order valence-corrected chi connectivity index (χ4v) is 4.85. The quantitative estimate of drug-likeness (QED) is 0.648. The monoisotopic (exact) mass is 326 g/mol. The summed E-state index contributed by atoms with van der Waals surface area (Å²) in [6.07, 6.45) is 0. The van der Waals surface area contributed by atoms with Crippen LogP contribution < -0.4 is 4.52 Å². The van der Waals surface area contributed by atoms with Crippen LogP contribution in [0.15, 0.2) is 54.6 Å². The van der Waals surface area contributed by atoms with Crippen LogP contribution in [0.25, 0.3) is 0 Å². The van der Waals surface area contributed by atoms with E-state index in [4.69, 9.17) is 9.05 Å². The van der Waals surface area contributed by atoms with Gasteiger partial charge in [0.2, 0.25) is 0 Å². The summed E-state index contributed by atoms with van der Waals surface area (Å²) in [6, 6.07) is 15.0. The van der Waals surface area contributed by atoms with E-state index >= 15 is 0 Å². The van der Waals surface area contributed by atoms with Crippen molar-refractivity contribution in [2.75, 3.05) is 6.61 Å². The lowest BCUT2D eigenvalue weighted by atomic mass is 10.2. The Kier molecular flexibility index (Phi) is 5.85. The fraction of sp³-hybridized carbons (Fsp3) is 0.200. The molecule has 0 heterocycles. The minimum absolute atomic E-state index is 0.292. The lowest BCUT2D eigenvalue weighted by Crippen LogP contribution is -1.96. The highest BCUT2D eigenvalue weighted by molar-refractivity contribution is 8.54. The van der Waals surface area contributed by atoms with Crippen LogP contribution >= 0.6 is 18.2 Å². The van der Waals surface area contributed by atoms with E-state index in [2.05, 4.69) is 0 Å². The Labute approximate surface area is 127 Å². The van der Waals surface area contributed by atoms with Crippen LogP contribution in [-0.2, 0) is 14.8 Å². The molecule has 0 aromatic heterocycles. The lowest BCUT2D eigenvalue weighted by molar-refractivity contribution is 0.296. The zero-order valence-corrected chi connectivity index (χ0v) is 13.3. The summed E-state index contributed by atoms with van der Waals surface area (Å²) in [4.78, 5) is 0. The molecule has 21 heavy (non-hydrogen) atoms. The summed E-state index contributed by atoms with van der Waals surface area (Å²) in [5, 5.41) is 0. The van der Waals surface area contributed by atoms with Crippen molar-refractivity contribution in [1.29, 1.82) is 0 Å². The van der Waals surface area contributed by atoms with Crippen molar-refractivity contribution in [2.45, 2.75) is 12.7 Å². The molecule has 2 aromatic rings. The summed E-state index contributed by atoms with van der Waals surface area (Å²) in [6.45, 7) is -1.24. The van der Waals surface area contributed by atoms with Crippen LogP contribution in [0.4, 0.5) is 4.39 Å². The van der Waals surface area contributed by atoms with Gasteiger partial charge in [0.05, 0.1) is 6.61 Å². The maximum Gasteiger partial charge on any atom is 0.440 e. The molecule has 1 atom stereocenters. The van der Waals surface area contributed by atoms with Crippen molar-refractivity contribution in [3.8, 4) is 5.75 Å². The molecule has 0 aliphatic carbocycles. The first-order chi connectivity index (χ1) is 10.1. The van der Waals surface area contributed by atoms with Crippen molar-refractivity contribution < 1.29 is 18.0 Å². The number of para-hydroxylation sites is 1. The molecule has 0 saturated heterocycles. The molecular weight excluding hydrogens is 310 g/mol. The molecule has 0 aliphatic rings. The highest BCUT2D eigenvalue weighted by atomic mass is 32.7. The smallest absolute Gasteiger partial charge is 0.417 e. The van der Waals surface area contributed by atoms with E-state index in [1.807, 2.05) is 6.07 Å². The highest BCUT2D eigenvalue weighted by Gasteiger charge is 2.26. The molecule has 6 heteroatoms. The van der Waals surface area contributed by atoms with Crippen LogP contribution in [0.2, 0.25) is 0 Å². The van der Waals surface area contributed by atoms with E-state index in [0.29, 0.717) is 18.1 Å². The van der Waals surface area contributed by atoms with Gasteiger partial charge in [-0.1, -0.05) is 30.3 Å². The SMILES string of the molecule is CCOP(=O)(Oc1ccccc1)SCc1ccc(F)cc1. The summed E-state index contributed by atoms with van der Waals surface area (Å²) < 4.78 is 36.3. The van der Waals surface area contributed by atoms with Crippen molar-refractivity contribution in [3.05, 3.63) is 66.0 Å². The second kappa shape index (κ2) is 7.64. The molecule has 112 valence electrons. The summed E-state index contributed by atoms with van der Waals surface area (Å²) in [5.41, 5.74) is 0.859. The average Bonchev–Trinajstić information content (AvgIpc) is 2.48. The zero-order valence-electron chi connectivity index (χ0n) is 11.6. The van der Waals surface area contributed by atoms with Gasteiger partial charge in [-0.2, -0.15) is 0 Å². The number of rotatable bonds is 7. The van der Waals surface area contributed by atoms with Crippen LogP contribution in [0.1, 0.15) is 12.5 Å².